The molecular formula is C11H13Br2NS. The molecule has 1 heterocycles. The van der Waals surface area contributed by atoms with Crippen molar-refractivity contribution < 1.29 is 0 Å². The van der Waals surface area contributed by atoms with Gasteiger partial charge in [0.15, 0.2) is 0 Å². The van der Waals surface area contributed by atoms with Crippen molar-refractivity contribution in [2.75, 3.05) is 6.54 Å². The first-order valence-corrected chi connectivity index (χ1v) is 7.42. The minimum atomic E-state index is 0.505. The second-order valence-electron chi connectivity index (χ2n) is 3.77. The van der Waals surface area contributed by atoms with Gasteiger partial charge in [0.1, 0.15) is 0 Å². The Morgan fingerprint density at radius 1 is 1.67 bits per heavy atom. The van der Waals surface area contributed by atoms with E-state index in [9.17, 15) is 0 Å². The Hall–Kier alpha value is 0.360. The molecule has 1 aliphatic rings. The first kappa shape index (κ1) is 11.8. The zero-order valence-corrected chi connectivity index (χ0v) is 12.3. The Morgan fingerprint density at radius 3 is 3.20 bits per heavy atom. The monoisotopic (exact) mass is 349 g/mol. The minimum absolute atomic E-state index is 0.505. The van der Waals surface area contributed by atoms with E-state index < -0.39 is 0 Å². The van der Waals surface area contributed by atoms with Crippen LogP contribution in [0.15, 0.2) is 20.9 Å². The van der Waals surface area contributed by atoms with E-state index in [0.29, 0.717) is 6.04 Å². The van der Waals surface area contributed by atoms with Gasteiger partial charge >= 0.3 is 0 Å². The highest BCUT2D eigenvalue weighted by Gasteiger charge is 2.21. The van der Waals surface area contributed by atoms with E-state index in [2.05, 4.69) is 49.8 Å². The molecule has 15 heavy (non-hydrogen) atoms. The summed E-state index contributed by atoms with van der Waals surface area (Å²) in [5, 5.41) is 3.53. The van der Waals surface area contributed by atoms with E-state index in [1.807, 2.05) is 11.3 Å². The summed E-state index contributed by atoms with van der Waals surface area (Å²) in [6.07, 6.45) is 3.75. The molecule has 4 heteroatoms. The Morgan fingerprint density at radius 2 is 2.47 bits per heavy atom. The molecular weight excluding hydrogens is 338 g/mol. The highest BCUT2D eigenvalue weighted by atomic mass is 79.9. The molecule has 0 saturated heterocycles. The second-order valence-corrected chi connectivity index (χ2v) is 7.41. The number of fused-ring (bicyclic) bond motifs is 1. The average molecular weight is 351 g/mol. The van der Waals surface area contributed by atoms with Crippen LogP contribution in [0.4, 0.5) is 0 Å². The third kappa shape index (κ3) is 2.93. The third-order valence-corrected chi connectivity index (χ3v) is 4.62. The minimum Gasteiger partial charge on any atom is -0.305 e. The van der Waals surface area contributed by atoms with Gasteiger partial charge in [-0.1, -0.05) is 22.5 Å². The number of aryl methyl sites for hydroxylation is 1. The Balaban J connectivity index is 2.11. The molecule has 0 aliphatic heterocycles. The summed E-state index contributed by atoms with van der Waals surface area (Å²) < 4.78 is 2.27. The van der Waals surface area contributed by atoms with Crippen molar-refractivity contribution in [3.63, 3.8) is 0 Å². The quantitative estimate of drug-likeness (QED) is 0.852. The van der Waals surface area contributed by atoms with Gasteiger partial charge in [0.05, 0.1) is 3.79 Å². The lowest BCUT2D eigenvalue weighted by atomic mass is 9.94. The molecule has 0 amide bonds. The van der Waals surface area contributed by atoms with E-state index >= 15 is 0 Å². The molecule has 1 unspecified atom stereocenters. The maximum absolute atomic E-state index is 3.85. The summed E-state index contributed by atoms with van der Waals surface area (Å²) in [7, 11) is 0. The van der Waals surface area contributed by atoms with Crippen molar-refractivity contribution in [3.05, 3.63) is 31.4 Å². The van der Waals surface area contributed by atoms with Crippen molar-refractivity contribution >= 4 is 43.2 Å². The molecule has 1 aromatic heterocycles. The summed E-state index contributed by atoms with van der Waals surface area (Å²) in [6.45, 7) is 4.69. The van der Waals surface area contributed by atoms with Gasteiger partial charge in [-0.25, -0.2) is 0 Å². The molecule has 2 rings (SSSR count). The molecule has 0 radical (unpaired) electrons. The van der Waals surface area contributed by atoms with Crippen LogP contribution in [-0.4, -0.2) is 6.54 Å². The molecule has 1 aliphatic carbocycles. The summed E-state index contributed by atoms with van der Waals surface area (Å²) in [6, 6.07) is 2.76. The van der Waals surface area contributed by atoms with Crippen LogP contribution in [0.2, 0.25) is 0 Å². The SMILES string of the molecule is C=C(Br)CNC1CCCc2sc(Br)cc21. The lowest BCUT2D eigenvalue weighted by Gasteiger charge is -2.23. The van der Waals surface area contributed by atoms with Gasteiger partial charge in [0, 0.05) is 21.9 Å². The van der Waals surface area contributed by atoms with Crippen LogP contribution < -0.4 is 5.32 Å². The summed E-state index contributed by atoms with van der Waals surface area (Å²) in [4.78, 5) is 1.53. The predicted molar refractivity (Wildman–Crippen MR) is 73.8 cm³/mol. The molecule has 0 aromatic carbocycles. The number of thiophene rings is 1. The van der Waals surface area contributed by atoms with Gasteiger partial charge in [0.25, 0.3) is 0 Å². The summed E-state index contributed by atoms with van der Waals surface area (Å²) >= 11 is 8.82. The van der Waals surface area contributed by atoms with E-state index in [0.717, 1.165) is 11.0 Å². The fourth-order valence-corrected chi connectivity index (χ4v) is 3.95. The number of hydrogen-bond donors (Lipinski definition) is 1. The smallest absolute Gasteiger partial charge is 0.0704 e. The van der Waals surface area contributed by atoms with E-state index in [-0.39, 0.29) is 0 Å². The number of nitrogens with one attached hydrogen (secondary N) is 1. The van der Waals surface area contributed by atoms with Crippen molar-refractivity contribution in [1.82, 2.24) is 5.32 Å². The van der Waals surface area contributed by atoms with Crippen LogP contribution in [0.25, 0.3) is 0 Å². The topological polar surface area (TPSA) is 12.0 Å². The molecule has 1 atom stereocenters. The lowest BCUT2D eigenvalue weighted by Crippen LogP contribution is -2.25. The predicted octanol–water partition coefficient (Wildman–Crippen LogP) is 4.39. The van der Waals surface area contributed by atoms with Crippen LogP contribution in [-0.2, 0) is 6.42 Å². The first-order chi connectivity index (χ1) is 7.16. The van der Waals surface area contributed by atoms with Gasteiger partial charge in [0.2, 0.25) is 0 Å². The zero-order valence-electron chi connectivity index (χ0n) is 8.35. The van der Waals surface area contributed by atoms with Gasteiger partial charge < -0.3 is 5.32 Å². The van der Waals surface area contributed by atoms with Crippen molar-refractivity contribution in [2.24, 2.45) is 0 Å². The summed E-state index contributed by atoms with van der Waals surface area (Å²) in [5.41, 5.74) is 1.48. The van der Waals surface area contributed by atoms with Crippen molar-refractivity contribution in [3.8, 4) is 0 Å². The van der Waals surface area contributed by atoms with Gasteiger partial charge in [-0.15, -0.1) is 11.3 Å². The van der Waals surface area contributed by atoms with Gasteiger partial charge in [-0.05, 0) is 46.8 Å². The molecule has 0 spiro atoms. The Labute approximate surface area is 111 Å². The van der Waals surface area contributed by atoms with Crippen LogP contribution in [0.5, 0.6) is 0 Å². The third-order valence-electron chi connectivity index (χ3n) is 2.62. The molecule has 0 bridgehead atoms. The molecule has 1 N–H and O–H groups in total. The molecule has 0 fully saturated rings. The van der Waals surface area contributed by atoms with Crippen LogP contribution in [0, 0.1) is 0 Å². The van der Waals surface area contributed by atoms with E-state index in [1.54, 1.807) is 0 Å². The molecule has 0 saturated carbocycles. The maximum Gasteiger partial charge on any atom is 0.0704 e. The highest BCUT2D eigenvalue weighted by molar-refractivity contribution is 9.11. The van der Waals surface area contributed by atoms with Crippen LogP contribution >= 0.6 is 43.2 Å². The zero-order chi connectivity index (χ0) is 10.8. The largest absolute Gasteiger partial charge is 0.305 e. The number of rotatable bonds is 3. The Bertz CT molecular complexity index is 373. The van der Waals surface area contributed by atoms with E-state index in [4.69, 9.17) is 0 Å². The lowest BCUT2D eigenvalue weighted by molar-refractivity contribution is 0.484. The molecule has 82 valence electrons. The Kier molecular flexibility index (Phi) is 4.04. The number of hydrogen-bond acceptors (Lipinski definition) is 2. The summed E-state index contributed by atoms with van der Waals surface area (Å²) in [5.74, 6) is 0. The first-order valence-electron chi connectivity index (χ1n) is 5.01. The standard InChI is InChI=1S/C11H13Br2NS/c1-7(12)6-14-9-3-2-4-10-8(9)5-11(13)15-10/h5,9,14H,1-4,6H2. The second kappa shape index (κ2) is 5.13. The van der Waals surface area contributed by atoms with Gasteiger partial charge in [-0.3, -0.25) is 0 Å². The fourth-order valence-electron chi connectivity index (χ4n) is 1.97. The van der Waals surface area contributed by atoms with Crippen LogP contribution in [0.3, 0.4) is 0 Å². The van der Waals surface area contributed by atoms with E-state index in [1.165, 1.54) is 33.5 Å². The number of halogens is 2. The van der Waals surface area contributed by atoms with Crippen molar-refractivity contribution in [1.29, 1.82) is 0 Å². The average Bonchev–Trinajstić information content (AvgIpc) is 2.55. The highest BCUT2D eigenvalue weighted by Crippen LogP contribution is 2.37. The molecule has 1 nitrogen and oxygen atoms in total. The van der Waals surface area contributed by atoms with Crippen LogP contribution in [0.1, 0.15) is 29.3 Å². The van der Waals surface area contributed by atoms with Crippen molar-refractivity contribution in [2.45, 2.75) is 25.3 Å². The van der Waals surface area contributed by atoms with Gasteiger partial charge in [-0.2, -0.15) is 0 Å². The fraction of sp³-hybridized carbons (Fsp3) is 0.455. The maximum atomic E-state index is 3.85. The normalized spacial score (nSPS) is 20.0. The molecule has 1 aromatic rings.